The molecule has 2 aromatic rings. The van der Waals surface area contributed by atoms with Crippen molar-refractivity contribution in [1.82, 2.24) is 0 Å². The van der Waals surface area contributed by atoms with E-state index < -0.39 is 10.7 Å². The zero-order valence-electron chi connectivity index (χ0n) is 9.77. The predicted molar refractivity (Wildman–Crippen MR) is 72.1 cm³/mol. The minimum atomic E-state index is -0.897. The van der Waals surface area contributed by atoms with Crippen molar-refractivity contribution in [3.05, 3.63) is 59.4 Å². The van der Waals surface area contributed by atoms with E-state index >= 15 is 0 Å². The van der Waals surface area contributed by atoms with Crippen LogP contribution in [0, 0.1) is 17.5 Å². The van der Waals surface area contributed by atoms with Gasteiger partial charge in [0.25, 0.3) is 0 Å². The summed E-state index contributed by atoms with van der Waals surface area (Å²) < 4.78 is 22.0. The largest absolute Gasteiger partial charge is 0.269 e. The number of halogens is 1. The fourth-order valence-corrected chi connectivity index (χ4v) is 3.39. The molecule has 4 heteroatoms. The van der Waals surface area contributed by atoms with E-state index in [0.29, 0.717) is 10.6 Å². The van der Waals surface area contributed by atoms with Gasteiger partial charge in [0.1, 0.15) is 10.9 Å². The summed E-state index contributed by atoms with van der Waals surface area (Å²) >= 11 is 0. The summed E-state index contributed by atoms with van der Waals surface area (Å²) in [6, 6.07) is 12.3. The van der Waals surface area contributed by atoms with E-state index in [-0.39, 0.29) is 5.82 Å². The fourth-order valence-electron chi connectivity index (χ4n) is 2.00. The zero-order chi connectivity index (χ0) is 12.7. The smallest absolute Gasteiger partial charge is 0.133 e. The molecule has 0 saturated carbocycles. The van der Waals surface area contributed by atoms with Crippen molar-refractivity contribution in [3.8, 4) is 0 Å². The lowest BCUT2D eigenvalue weighted by atomic mass is 10.2. The Morgan fingerprint density at radius 3 is 2.61 bits per heavy atom. The van der Waals surface area contributed by atoms with Crippen LogP contribution in [0.15, 0.2) is 52.4 Å². The first-order valence-corrected chi connectivity index (χ1v) is 6.79. The Hall–Kier alpha value is -1.81. The molecule has 2 aromatic carbocycles. The molecule has 0 radical (unpaired) electrons. The van der Waals surface area contributed by atoms with Gasteiger partial charge in [-0.15, -0.1) is 0 Å². The molecule has 0 spiro atoms. The first kappa shape index (κ1) is 11.3. The standard InChI is InChI=1S/C14H11FN2S/c1-9-5-4-8-12-13(9)17-14(18(12)16)10-6-2-3-7-11(10)15/h2-8,16H,1H3. The van der Waals surface area contributed by atoms with Crippen LogP contribution in [0.25, 0.3) is 0 Å². The van der Waals surface area contributed by atoms with Gasteiger partial charge >= 0.3 is 0 Å². The Morgan fingerprint density at radius 2 is 1.89 bits per heavy atom. The average Bonchev–Trinajstić information content (AvgIpc) is 2.70. The topological polar surface area (TPSA) is 36.2 Å². The van der Waals surface area contributed by atoms with Gasteiger partial charge in [-0.25, -0.2) is 9.38 Å². The van der Waals surface area contributed by atoms with Gasteiger partial charge in [0, 0.05) is 5.56 Å². The summed E-state index contributed by atoms with van der Waals surface area (Å²) in [5.74, 6) is -0.313. The van der Waals surface area contributed by atoms with E-state index in [1.54, 1.807) is 18.2 Å². The van der Waals surface area contributed by atoms with E-state index in [2.05, 4.69) is 4.99 Å². The van der Waals surface area contributed by atoms with Crippen LogP contribution in [0.4, 0.5) is 10.1 Å². The van der Waals surface area contributed by atoms with Crippen molar-refractivity contribution in [2.75, 3.05) is 0 Å². The number of aliphatic imine (C=N–C) groups is 1. The lowest BCUT2D eigenvalue weighted by molar-refractivity contribution is 0.626. The second-order valence-corrected chi connectivity index (χ2v) is 5.56. The maximum Gasteiger partial charge on any atom is 0.133 e. The summed E-state index contributed by atoms with van der Waals surface area (Å²) in [6.45, 7) is 1.96. The fraction of sp³-hybridized carbons (Fsp3) is 0.0714. The molecule has 1 aliphatic heterocycles. The number of benzene rings is 2. The van der Waals surface area contributed by atoms with Gasteiger partial charge in [0.2, 0.25) is 0 Å². The first-order chi connectivity index (χ1) is 8.68. The molecular weight excluding hydrogens is 247 g/mol. The molecule has 18 heavy (non-hydrogen) atoms. The molecule has 1 atom stereocenters. The third kappa shape index (κ3) is 1.61. The van der Waals surface area contributed by atoms with Crippen LogP contribution in [-0.4, -0.2) is 5.04 Å². The molecule has 0 saturated heterocycles. The lowest BCUT2D eigenvalue weighted by Gasteiger charge is -2.03. The van der Waals surface area contributed by atoms with Gasteiger partial charge in [0.15, 0.2) is 0 Å². The number of rotatable bonds is 1. The van der Waals surface area contributed by atoms with E-state index in [4.69, 9.17) is 4.78 Å². The summed E-state index contributed by atoms with van der Waals surface area (Å²) in [4.78, 5) is 5.35. The minimum absolute atomic E-state index is 0.313. The molecule has 1 heterocycles. The minimum Gasteiger partial charge on any atom is -0.269 e. The van der Waals surface area contributed by atoms with E-state index in [9.17, 15) is 4.39 Å². The van der Waals surface area contributed by atoms with Gasteiger partial charge < -0.3 is 0 Å². The Labute approximate surface area is 107 Å². The summed E-state index contributed by atoms with van der Waals surface area (Å²) in [5.41, 5.74) is 2.30. The Morgan fingerprint density at radius 1 is 1.11 bits per heavy atom. The van der Waals surface area contributed by atoms with Crippen LogP contribution in [0.3, 0.4) is 0 Å². The molecule has 1 unspecified atom stereocenters. The van der Waals surface area contributed by atoms with Gasteiger partial charge in [0.05, 0.1) is 10.6 Å². The van der Waals surface area contributed by atoms with Crippen LogP contribution in [0.5, 0.6) is 0 Å². The number of para-hydroxylation sites is 1. The van der Waals surface area contributed by atoms with Crippen LogP contribution < -0.4 is 0 Å². The molecule has 0 aliphatic carbocycles. The molecule has 0 fully saturated rings. The molecule has 0 amide bonds. The zero-order valence-corrected chi connectivity index (χ0v) is 10.6. The number of fused-ring (bicyclic) bond motifs is 1. The van der Waals surface area contributed by atoms with Gasteiger partial charge in [-0.1, -0.05) is 24.3 Å². The lowest BCUT2D eigenvalue weighted by Crippen LogP contribution is -2.05. The van der Waals surface area contributed by atoms with E-state index in [1.807, 2.05) is 25.1 Å². The summed E-state index contributed by atoms with van der Waals surface area (Å²) in [7, 11) is -0.897. The third-order valence-electron chi connectivity index (χ3n) is 2.93. The van der Waals surface area contributed by atoms with E-state index in [0.717, 1.165) is 16.1 Å². The monoisotopic (exact) mass is 258 g/mol. The molecule has 3 rings (SSSR count). The first-order valence-electron chi connectivity index (χ1n) is 5.57. The van der Waals surface area contributed by atoms with Crippen LogP contribution in [0.1, 0.15) is 11.1 Å². The number of hydrogen-bond acceptors (Lipinski definition) is 2. The van der Waals surface area contributed by atoms with Crippen molar-refractivity contribution in [1.29, 1.82) is 4.78 Å². The normalized spacial score (nSPS) is 17.4. The highest BCUT2D eigenvalue weighted by atomic mass is 32.2. The van der Waals surface area contributed by atoms with Crippen molar-refractivity contribution < 1.29 is 4.39 Å². The van der Waals surface area contributed by atoms with E-state index in [1.165, 1.54) is 6.07 Å². The Bertz CT molecular complexity index is 692. The Balaban J connectivity index is 2.19. The maximum atomic E-state index is 13.8. The summed E-state index contributed by atoms with van der Waals surface area (Å²) in [6.07, 6.45) is 0. The van der Waals surface area contributed by atoms with Crippen molar-refractivity contribution in [2.24, 2.45) is 4.99 Å². The number of aryl methyl sites for hydroxylation is 1. The molecule has 1 N–H and O–H groups in total. The van der Waals surface area contributed by atoms with Crippen molar-refractivity contribution >= 4 is 21.4 Å². The number of hydrogen-bond donors (Lipinski definition) is 1. The highest BCUT2D eigenvalue weighted by molar-refractivity contribution is 8.02. The SMILES string of the molecule is Cc1cccc2c1N=C(c1ccccc1F)S2=N. The molecule has 0 aromatic heterocycles. The number of nitrogens with zero attached hydrogens (tertiary/aromatic N) is 1. The van der Waals surface area contributed by atoms with Crippen molar-refractivity contribution in [2.45, 2.75) is 11.8 Å². The molecular formula is C14H11FN2S. The molecule has 90 valence electrons. The Kier molecular flexibility index (Phi) is 2.59. The second-order valence-electron chi connectivity index (χ2n) is 4.12. The maximum absolute atomic E-state index is 13.8. The molecule has 1 aliphatic rings. The average molecular weight is 258 g/mol. The highest BCUT2D eigenvalue weighted by Gasteiger charge is 2.24. The van der Waals surface area contributed by atoms with Gasteiger partial charge in [-0.2, -0.15) is 0 Å². The van der Waals surface area contributed by atoms with Crippen molar-refractivity contribution in [3.63, 3.8) is 0 Å². The molecule has 0 bridgehead atoms. The third-order valence-corrected chi connectivity index (χ3v) is 4.40. The quantitative estimate of drug-likeness (QED) is 0.803. The van der Waals surface area contributed by atoms with Gasteiger partial charge in [-0.05, 0) is 41.4 Å². The molecule has 2 nitrogen and oxygen atoms in total. The second kappa shape index (κ2) is 4.14. The summed E-state index contributed by atoms with van der Waals surface area (Å²) in [5, 5.41) is 0.525. The van der Waals surface area contributed by atoms with Crippen LogP contribution >= 0.6 is 0 Å². The van der Waals surface area contributed by atoms with Gasteiger partial charge in [-0.3, -0.25) is 4.78 Å². The van der Waals surface area contributed by atoms with Crippen LogP contribution in [0.2, 0.25) is 0 Å². The van der Waals surface area contributed by atoms with Crippen LogP contribution in [-0.2, 0) is 10.7 Å². The number of nitrogens with one attached hydrogen (secondary N) is 1. The predicted octanol–water partition coefficient (Wildman–Crippen LogP) is 3.97. The highest BCUT2D eigenvalue weighted by Crippen LogP contribution is 2.35.